The highest BCUT2D eigenvalue weighted by Gasteiger charge is 2.24. The molecule has 8 heteroatoms. The fraction of sp³-hybridized carbons (Fsp3) is 0.267. The first-order valence-electron chi connectivity index (χ1n) is 7.06. The number of hydrogen-bond donors (Lipinski definition) is 1. The molecule has 0 aliphatic carbocycles. The van der Waals surface area contributed by atoms with Crippen molar-refractivity contribution in [3.63, 3.8) is 0 Å². The number of pyridine rings is 1. The summed E-state index contributed by atoms with van der Waals surface area (Å²) >= 11 is 5.85. The second-order valence-electron chi connectivity index (χ2n) is 5.31. The largest absolute Gasteiger partial charge is 0.366 e. The van der Waals surface area contributed by atoms with E-state index < -0.39 is 10.7 Å². The lowest BCUT2D eigenvalue weighted by molar-refractivity contribution is -0.384. The summed E-state index contributed by atoms with van der Waals surface area (Å²) in [4.78, 5) is 23.3. The number of nitrogens with one attached hydrogen (secondary N) is 1. The van der Waals surface area contributed by atoms with Gasteiger partial charge in [0.15, 0.2) is 5.82 Å². The number of nitro groups is 1. The molecule has 0 fully saturated rings. The lowest BCUT2D eigenvalue weighted by Crippen LogP contribution is -2.32. The summed E-state index contributed by atoms with van der Waals surface area (Å²) in [6.07, 6.45) is 0.644. The van der Waals surface area contributed by atoms with Crippen molar-refractivity contribution in [1.82, 2.24) is 4.57 Å². The monoisotopic (exact) mass is 337 g/mol. The third-order valence-electron chi connectivity index (χ3n) is 3.78. The Morgan fingerprint density at radius 3 is 2.87 bits per heavy atom. The Kier molecular flexibility index (Phi) is 4.04. The molecule has 0 radical (unpaired) electrons. The molecule has 0 spiro atoms. The molecule has 0 unspecified atom stereocenters. The molecule has 1 aliphatic heterocycles. The summed E-state index contributed by atoms with van der Waals surface area (Å²) in [5.41, 5.74) is -0.127. The van der Waals surface area contributed by atoms with E-state index in [1.165, 1.54) is 28.8 Å². The van der Waals surface area contributed by atoms with Gasteiger partial charge in [-0.05, 0) is 30.2 Å². The zero-order chi connectivity index (χ0) is 16.6. The minimum Gasteiger partial charge on any atom is -0.366 e. The van der Waals surface area contributed by atoms with Gasteiger partial charge in [-0.15, -0.1) is 0 Å². The zero-order valence-electron chi connectivity index (χ0n) is 12.0. The highest BCUT2D eigenvalue weighted by atomic mass is 35.5. The standard InChI is InChI=1S/C15H13ClFN3O3/c16-11-2-3-12(17)9(7-11)6-10-8-13(20(22)23)14-18-4-1-5-19(14)15(10)21/h2-3,7-8,18H,1,4-6H2. The highest BCUT2D eigenvalue weighted by molar-refractivity contribution is 6.30. The van der Waals surface area contributed by atoms with E-state index in [-0.39, 0.29) is 34.6 Å². The van der Waals surface area contributed by atoms with E-state index >= 15 is 0 Å². The topological polar surface area (TPSA) is 77.2 Å². The van der Waals surface area contributed by atoms with E-state index in [0.29, 0.717) is 24.5 Å². The molecular weight excluding hydrogens is 325 g/mol. The average molecular weight is 338 g/mol. The molecule has 0 saturated carbocycles. The molecule has 1 N–H and O–H groups in total. The van der Waals surface area contributed by atoms with Gasteiger partial charge in [-0.25, -0.2) is 4.39 Å². The molecular formula is C15H13ClFN3O3. The van der Waals surface area contributed by atoms with Crippen LogP contribution in [0.3, 0.4) is 0 Å². The maximum absolute atomic E-state index is 13.9. The predicted octanol–water partition coefficient (Wildman–Crippen LogP) is 2.96. The van der Waals surface area contributed by atoms with Crippen molar-refractivity contribution < 1.29 is 9.31 Å². The van der Waals surface area contributed by atoms with Crippen LogP contribution in [-0.2, 0) is 13.0 Å². The normalized spacial score (nSPS) is 13.3. The van der Waals surface area contributed by atoms with Gasteiger partial charge in [-0.2, -0.15) is 0 Å². The molecule has 2 aromatic rings. The molecule has 23 heavy (non-hydrogen) atoms. The van der Waals surface area contributed by atoms with E-state index in [2.05, 4.69) is 5.32 Å². The first-order valence-corrected chi connectivity index (χ1v) is 7.44. The minimum atomic E-state index is -0.540. The van der Waals surface area contributed by atoms with E-state index in [1.807, 2.05) is 0 Å². The molecule has 6 nitrogen and oxygen atoms in total. The van der Waals surface area contributed by atoms with Crippen LogP contribution in [0.2, 0.25) is 5.02 Å². The fourth-order valence-electron chi connectivity index (χ4n) is 2.70. The van der Waals surface area contributed by atoms with Crippen LogP contribution < -0.4 is 10.9 Å². The van der Waals surface area contributed by atoms with E-state index in [9.17, 15) is 19.3 Å². The number of fused-ring (bicyclic) bond motifs is 1. The third kappa shape index (κ3) is 2.92. The maximum Gasteiger partial charge on any atom is 0.310 e. The Hall–Kier alpha value is -2.41. The van der Waals surface area contributed by atoms with Gasteiger partial charge in [-0.1, -0.05) is 11.6 Å². The second-order valence-corrected chi connectivity index (χ2v) is 5.75. The lowest BCUT2D eigenvalue weighted by Gasteiger charge is -2.20. The van der Waals surface area contributed by atoms with Crippen molar-refractivity contribution in [2.75, 3.05) is 11.9 Å². The minimum absolute atomic E-state index is 0.0493. The Labute approximate surface area is 135 Å². The van der Waals surface area contributed by atoms with Crippen LogP contribution in [-0.4, -0.2) is 16.0 Å². The first-order chi connectivity index (χ1) is 11.0. The smallest absolute Gasteiger partial charge is 0.310 e. The molecule has 3 rings (SSSR count). The van der Waals surface area contributed by atoms with Gasteiger partial charge in [0.1, 0.15) is 5.82 Å². The van der Waals surface area contributed by atoms with Gasteiger partial charge in [0.25, 0.3) is 5.56 Å². The van der Waals surface area contributed by atoms with Crippen LogP contribution in [0.1, 0.15) is 17.5 Å². The van der Waals surface area contributed by atoms with Gasteiger partial charge in [0.05, 0.1) is 4.92 Å². The van der Waals surface area contributed by atoms with Gasteiger partial charge in [0.2, 0.25) is 0 Å². The Morgan fingerprint density at radius 2 is 2.13 bits per heavy atom. The number of anilines is 1. The Bertz CT molecular complexity index is 851. The first kappa shape index (κ1) is 15.5. The van der Waals surface area contributed by atoms with E-state index in [1.54, 1.807) is 0 Å². The van der Waals surface area contributed by atoms with Crippen molar-refractivity contribution in [1.29, 1.82) is 0 Å². The van der Waals surface area contributed by atoms with Gasteiger partial charge >= 0.3 is 5.69 Å². The van der Waals surface area contributed by atoms with Crippen LogP contribution in [0, 0.1) is 15.9 Å². The molecule has 2 heterocycles. The summed E-state index contributed by atoms with van der Waals surface area (Å²) in [5.74, 6) is -0.293. The number of hydrogen-bond acceptors (Lipinski definition) is 4. The molecule has 1 aromatic carbocycles. The highest BCUT2D eigenvalue weighted by Crippen LogP contribution is 2.27. The molecule has 1 aromatic heterocycles. The molecule has 0 bridgehead atoms. The summed E-state index contributed by atoms with van der Waals surface area (Å²) in [5, 5.41) is 14.5. The number of aromatic nitrogens is 1. The summed E-state index contributed by atoms with van der Waals surface area (Å²) in [6.45, 7) is 0.969. The van der Waals surface area contributed by atoms with Crippen LogP contribution in [0.25, 0.3) is 0 Å². The molecule has 0 atom stereocenters. The quantitative estimate of drug-likeness (QED) is 0.690. The third-order valence-corrected chi connectivity index (χ3v) is 4.01. The predicted molar refractivity (Wildman–Crippen MR) is 84.7 cm³/mol. The van der Waals surface area contributed by atoms with Crippen LogP contribution >= 0.6 is 11.6 Å². The Balaban J connectivity index is 2.12. The Morgan fingerprint density at radius 1 is 1.35 bits per heavy atom. The van der Waals surface area contributed by atoms with Gasteiger partial charge in [0, 0.05) is 36.2 Å². The number of benzene rings is 1. The van der Waals surface area contributed by atoms with Crippen LogP contribution in [0.5, 0.6) is 0 Å². The SMILES string of the molecule is O=c1c(Cc2cc(Cl)ccc2F)cc([N+](=O)[O-])c2n1CCCN2. The van der Waals surface area contributed by atoms with Crippen molar-refractivity contribution in [2.45, 2.75) is 19.4 Å². The number of rotatable bonds is 3. The molecule has 1 aliphatic rings. The van der Waals surface area contributed by atoms with Crippen LogP contribution in [0.4, 0.5) is 15.9 Å². The van der Waals surface area contributed by atoms with E-state index in [4.69, 9.17) is 11.6 Å². The van der Waals surface area contributed by atoms with Crippen LogP contribution in [0.15, 0.2) is 29.1 Å². The number of nitrogens with zero attached hydrogens (tertiary/aromatic N) is 2. The molecule has 0 saturated heterocycles. The fourth-order valence-corrected chi connectivity index (χ4v) is 2.90. The average Bonchev–Trinajstić information content (AvgIpc) is 2.53. The molecule has 0 amide bonds. The summed E-state index contributed by atoms with van der Waals surface area (Å²) in [7, 11) is 0. The maximum atomic E-state index is 13.9. The number of halogens is 2. The van der Waals surface area contributed by atoms with E-state index in [0.717, 1.165) is 0 Å². The van der Waals surface area contributed by atoms with Crippen molar-refractivity contribution in [3.8, 4) is 0 Å². The lowest BCUT2D eigenvalue weighted by atomic mass is 10.0. The summed E-state index contributed by atoms with van der Waals surface area (Å²) in [6, 6.07) is 5.26. The van der Waals surface area contributed by atoms with Crippen molar-refractivity contribution in [2.24, 2.45) is 0 Å². The van der Waals surface area contributed by atoms with Gasteiger partial charge in [-0.3, -0.25) is 19.5 Å². The van der Waals surface area contributed by atoms with Crippen molar-refractivity contribution >= 4 is 23.1 Å². The molecule has 120 valence electrons. The van der Waals surface area contributed by atoms with Gasteiger partial charge < -0.3 is 5.32 Å². The second kappa shape index (κ2) is 6.00. The zero-order valence-corrected chi connectivity index (χ0v) is 12.8. The van der Waals surface area contributed by atoms with Crippen molar-refractivity contribution in [3.05, 3.63) is 66.7 Å². The summed E-state index contributed by atoms with van der Waals surface area (Å²) < 4.78 is 15.2.